The van der Waals surface area contributed by atoms with Gasteiger partial charge in [0.15, 0.2) is 0 Å². The van der Waals surface area contributed by atoms with E-state index in [-0.39, 0.29) is 21.1 Å². The molecule has 10 heavy (non-hydrogen) atoms. The van der Waals surface area contributed by atoms with E-state index in [2.05, 4.69) is 13.8 Å². The molecule has 60 valence electrons. The van der Waals surface area contributed by atoms with Gasteiger partial charge < -0.3 is 11.7 Å². The molecule has 0 aromatic carbocycles. The summed E-state index contributed by atoms with van der Waals surface area (Å²) in [5.41, 5.74) is 0. The average Bonchev–Trinajstić information content (AvgIpc) is 2.34. The number of hydrogen-bond acceptors (Lipinski definition) is 1. The first-order chi connectivity index (χ1) is 4.36. The molecule has 1 nitrogen and oxygen atoms in total. The van der Waals surface area contributed by atoms with Gasteiger partial charge in [0.25, 0.3) is 0 Å². The summed E-state index contributed by atoms with van der Waals surface area (Å²) in [7, 11) is 0. The Kier molecular flexibility index (Phi) is 5.66. The van der Waals surface area contributed by atoms with Gasteiger partial charge in [-0.3, -0.25) is 0 Å². The van der Waals surface area contributed by atoms with E-state index in [1.807, 2.05) is 0 Å². The van der Waals surface area contributed by atoms with Crippen LogP contribution < -0.4 is 0 Å². The molecule has 1 fully saturated rings. The van der Waals surface area contributed by atoms with Crippen LogP contribution in [0.1, 0.15) is 32.6 Å². The second kappa shape index (κ2) is 5.32. The van der Waals surface area contributed by atoms with Crippen LogP contribution in [0.4, 0.5) is 0 Å². The minimum atomic E-state index is 0. The summed E-state index contributed by atoms with van der Waals surface area (Å²) < 4.78 is 5.60. The summed E-state index contributed by atoms with van der Waals surface area (Å²) in [6.07, 6.45) is 5.58. The van der Waals surface area contributed by atoms with Gasteiger partial charge in [-0.25, -0.2) is 0 Å². The van der Waals surface area contributed by atoms with Crippen LogP contribution in [0.15, 0.2) is 0 Å². The molecular formula is C8H15OW-. The molecule has 0 aromatic heterocycles. The quantitative estimate of drug-likeness (QED) is 0.710. The Morgan fingerprint density at radius 3 is 2.30 bits per heavy atom. The van der Waals surface area contributed by atoms with Crippen LogP contribution in [0.2, 0.25) is 0 Å². The molecule has 0 unspecified atom stereocenters. The molecule has 1 saturated heterocycles. The molecule has 1 aliphatic rings. The predicted octanol–water partition coefficient (Wildman–Crippen LogP) is 2.17. The van der Waals surface area contributed by atoms with Gasteiger partial charge in [-0.05, 0) is 19.3 Å². The summed E-state index contributed by atoms with van der Waals surface area (Å²) in [5.74, 6) is 0. The second-order valence-electron chi connectivity index (χ2n) is 2.65. The van der Waals surface area contributed by atoms with Crippen molar-refractivity contribution in [2.45, 2.75) is 44.8 Å². The van der Waals surface area contributed by atoms with Crippen LogP contribution in [0.5, 0.6) is 0 Å². The van der Waals surface area contributed by atoms with E-state index in [0.717, 1.165) is 12.8 Å². The molecule has 1 heterocycles. The zero-order valence-corrected chi connectivity index (χ0v) is 9.44. The van der Waals surface area contributed by atoms with E-state index < -0.39 is 0 Å². The second-order valence-corrected chi connectivity index (χ2v) is 2.65. The molecule has 2 atom stereocenters. The maximum absolute atomic E-state index is 5.60. The standard InChI is InChI=1S/C8H15O.W/c1-3-7-5-6-8(4-2)9-7;/h7-8H,1,3-6H2,2H3;/q-1;/t7-,8+;/m0./s1. The number of hydrogen-bond donors (Lipinski definition) is 0. The molecule has 0 aromatic rings. The van der Waals surface area contributed by atoms with Crippen LogP contribution in [0.25, 0.3) is 0 Å². The van der Waals surface area contributed by atoms with Crippen molar-refractivity contribution < 1.29 is 25.8 Å². The first kappa shape index (κ1) is 10.6. The van der Waals surface area contributed by atoms with Crippen molar-refractivity contribution in [1.82, 2.24) is 0 Å². The summed E-state index contributed by atoms with van der Waals surface area (Å²) in [6.45, 7) is 5.99. The third-order valence-electron chi connectivity index (χ3n) is 1.97. The van der Waals surface area contributed by atoms with Gasteiger partial charge in [-0.2, -0.15) is 6.42 Å². The van der Waals surface area contributed by atoms with Crippen molar-refractivity contribution in [3.63, 3.8) is 0 Å². The number of ether oxygens (including phenoxy) is 1. The predicted molar refractivity (Wildman–Crippen MR) is 38.2 cm³/mol. The fourth-order valence-electron chi connectivity index (χ4n) is 1.29. The molecule has 0 radical (unpaired) electrons. The Morgan fingerprint density at radius 2 is 2.00 bits per heavy atom. The van der Waals surface area contributed by atoms with Gasteiger partial charge in [0.1, 0.15) is 0 Å². The first-order valence-electron chi connectivity index (χ1n) is 3.81. The maximum Gasteiger partial charge on any atom is 0.0575 e. The third-order valence-corrected chi connectivity index (χ3v) is 1.97. The zero-order valence-electron chi connectivity index (χ0n) is 6.51. The van der Waals surface area contributed by atoms with Crippen LogP contribution in [0.3, 0.4) is 0 Å². The van der Waals surface area contributed by atoms with E-state index in [1.54, 1.807) is 0 Å². The van der Waals surface area contributed by atoms with Crippen LogP contribution in [0, 0.1) is 6.92 Å². The average molecular weight is 311 g/mol. The van der Waals surface area contributed by atoms with Crippen molar-refractivity contribution in [3.8, 4) is 0 Å². The van der Waals surface area contributed by atoms with Gasteiger partial charge in [0, 0.05) is 27.2 Å². The smallest absolute Gasteiger partial charge is 0.0575 e. The van der Waals surface area contributed by atoms with Gasteiger partial charge in [-0.15, -0.1) is 0 Å². The Balaban J connectivity index is 0.000000810. The summed E-state index contributed by atoms with van der Waals surface area (Å²) in [6, 6.07) is 0. The Labute approximate surface area is 77.8 Å². The number of rotatable bonds is 2. The molecule has 0 bridgehead atoms. The Morgan fingerprint density at radius 1 is 1.40 bits per heavy atom. The van der Waals surface area contributed by atoms with E-state index >= 15 is 0 Å². The van der Waals surface area contributed by atoms with Crippen LogP contribution in [-0.2, 0) is 25.8 Å². The maximum atomic E-state index is 5.60. The van der Waals surface area contributed by atoms with Crippen molar-refractivity contribution in [1.29, 1.82) is 0 Å². The topological polar surface area (TPSA) is 9.23 Å². The fourth-order valence-corrected chi connectivity index (χ4v) is 1.29. The minimum Gasteiger partial charge on any atom is -0.378 e. The molecule has 0 N–H and O–H groups in total. The van der Waals surface area contributed by atoms with E-state index in [9.17, 15) is 0 Å². The van der Waals surface area contributed by atoms with Crippen molar-refractivity contribution in [3.05, 3.63) is 6.92 Å². The Hall–Kier alpha value is 0.648. The molecule has 0 aliphatic carbocycles. The SMILES string of the molecule is [CH2-]C[C@H]1CC[C@@H](CC)O1.[W]. The van der Waals surface area contributed by atoms with Crippen LogP contribution in [-0.4, -0.2) is 12.2 Å². The molecule has 1 rings (SSSR count). The van der Waals surface area contributed by atoms with Gasteiger partial charge >= 0.3 is 0 Å². The fraction of sp³-hybridized carbons (Fsp3) is 0.875. The summed E-state index contributed by atoms with van der Waals surface area (Å²) in [5, 5.41) is 0. The molecule has 2 heteroatoms. The molecule has 1 aliphatic heterocycles. The monoisotopic (exact) mass is 311 g/mol. The van der Waals surface area contributed by atoms with Crippen LogP contribution >= 0.6 is 0 Å². The zero-order chi connectivity index (χ0) is 6.69. The third kappa shape index (κ3) is 2.72. The van der Waals surface area contributed by atoms with Gasteiger partial charge in [0.2, 0.25) is 0 Å². The van der Waals surface area contributed by atoms with Gasteiger partial charge in [0.05, 0.1) is 6.10 Å². The van der Waals surface area contributed by atoms with Crippen molar-refractivity contribution >= 4 is 0 Å². The minimum absolute atomic E-state index is 0. The van der Waals surface area contributed by atoms with Crippen molar-refractivity contribution in [2.24, 2.45) is 0 Å². The summed E-state index contributed by atoms with van der Waals surface area (Å²) in [4.78, 5) is 0. The van der Waals surface area contributed by atoms with E-state index in [4.69, 9.17) is 4.74 Å². The molecule has 0 spiro atoms. The molecule has 0 amide bonds. The van der Waals surface area contributed by atoms with E-state index in [0.29, 0.717) is 12.2 Å². The Bertz CT molecular complexity index is 75.3. The first-order valence-corrected chi connectivity index (χ1v) is 3.81. The summed E-state index contributed by atoms with van der Waals surface area (Å²) >= 11 is 0. The van der Waals surface area contributed by atoms with E-state index in [1.165, 1.54) is 12.8 Å². The normalized spacial score (nSPS) is 31.8. The van der Waals surface area contributed by atoms with Crippen molar-refractivity contribution in [2.75, 3.05) is 0 Å². The molecular weight excluding hydrogens is 296 g/mol. The van der Waals surface area contributed by atoms with Gasteiger partial charge in [-0.1, -0.05) is 6.92 Å². The largest absolute Gasteiger partial charge is 0.378 e. The molecule has 0 saturated carbocycles.